The van der Waals surface area contributed by atoms with Gasteiger partial charge in [0.05, 0.1) is 24.2 Å². The number of esters is 2. The molecule has 10 nitrogen and oxygen atoms in total. The molecule has 0 aliphatic rings. The van der Waals surface area contributed by atoms with Crippen molar-refractivity contribution >= 4 is 33.5 Å². The summed E-state index contributed by atoms with van der Waals surface area (Å²) in [6.45, 7) is 7.34. The molecule has 11 heteroatoms. The third kappa shape index (κ3) is 7.75. The Hall–Kier alpha value is -3.08. The van der Waals surface area contributed by atoms with E-state index in [1.807, 2.05) is 0 Å². The molecule has 0 aliphatic heterocycles. The number of nitrogens with zero attached hydrogens (tertiary/aromatic N) is 1. The molecular weight excluding hydrogens is 462 g/mol. The van der Waals surface area contributed by atoms with Gasteiger partial charge >= 0.3 is 11.9 Å². The van der Waals surface area contributed by atoms with Gasteiger partial charge in [-0.1, -0.05) is 31.3 Å². The lowest BCUT2D eigenvalue weighted by molar-refractivity contribution is -0.162. The van der Waals surface area contributed by atoms with Crippen molar-refractivity contribution in [3.8, 4) is 0 Å². The van der Waals surface area contributed by atoms with Crippen LogP contribution in [0.2, 0.25) is 0 Å². The second kappa shape index (κ2) is 13.0. The van der Waals surface area contributed by atoms with E-state index in [-0.39, 0.29) is 23.9 Å². The molecule has 0 spiro atoms. The summed E-state index contributed by atoms with van der Waals surface area (Å²) in [5.41, 5.74) is 0.552. The van der Waals surface area contributed by atoms with Crippen LogP contribution in [0.15, 0.2) is 39.8 Å². The van der Waals surface area contributed by atoms with Crippen molar-refractivity contribution < 1.29 is 32.0 Å². The molecule has 0 aliphatic carbocycles. The van der Waals surface area contributed by atoms with Gasteiger partial charge in [0.25, 0.3) is 10.0 Å². The summed E-state index contributed by atoms with van der Waals surface area (Å²) in [5, 5.41) is 6.84. The third-order valence-corrected chi connectivity index (χ3v) is 6.36. The Morgan fingerprint density at radius 3 is 2.15 bits per heavy atom. The van der Waals surface area contributed by atoms with Gasteiger partial charge in [-0.15, -0.1) is 0 Å². The zero-order valence-electron chi connectivity index (χ0n) is 20.0. The molecule has 34 heavy (non-hydrogen) atoms. The van der Waals surface area contributed by atoms with E-state index in [4.69, 9.17) is 14.0 Å². The average Bonchev–Trinajstić information content (AvgIpc) is 3.18. The smallest absolute Gasteiger partial charge is 0.322 e. The van der Waals surface area contributed by atoms with Crippen molar-refractivity contribution in [3.05, 3.63) is 36.1 Å². The highest BCUT2D eigenvalue weighted by atomic mass is 32.2. The quantitative estimate of drug-likeness (QED) is 0.227. The van der Waals surface area contributed by atoms with Crippen LogP contribution in [0.1, 0.15) is 52.2 Å². The van der Waals surface area contributed by atoms with Gasteiger partial charge in [-0.2, -0.15) is 0 Å². The molecule has 0 radical (unpaired) electrons. The minimum Gasteiger partial charge on any atom is -0.465 e. The highest BCUT2D eigenvalue weighted by Crippen LogP contribution is 2.23. The minimum absolute atomic E-state index is 0.0218. The van der Waals surface area contributed by atoms with Gasteiger partial charge in [-0.05, 0) is 51.5 Å². The van der Waals surface area contributed by atoms with Gasteiger partial charge in [-0.25, -0.2) is 8.42 Å². The molecular formula is C23H33N3O7S. The van der Waals surface area contributed by atoms with Crippen LogP contribution in [-0.4, -0.2) is 44.8 Å². The van der Waals surface area contributed by atoms with E-state index in [9.17, 15) is 18.0 Å². The van der Waals surface area contributed by atoms with Crippen molar-refractivity contribution in [1.29, 1.82) is 0 Å². The number of unbranched alkanes of at least 4 members (excludes halogenated alkanes) is 2. The topological polar surface area (TPSA) is 137 Å². The molecule has 0 saturated carbocycles. The molecule has 1 aromatic carbocycles. The number of aromatic nitrogens is 1. The van der Waals surface area contributed by atoms with Crippen molar-refractivity contribution in [2.24, 2.45) is 5.92 Å². The van der Waals surface area contributed by atoms with Gasteiger partial charge in [0, 0.05) is 11.8 Å². The van der Waals surface area contributed by atoms with Gasteiger partial charge < -0.3 is 19.3 Å². The summed E-state index contributed by atoms with van der Waals surface area (Å²) < 4.78 is 42.7. The molecule has 1 heterocycles. The Balaban J connectivity index is 2.24. The normalized spacial score (nSPS) is 12.3. The summed E-state index contributed by atoms with van der Waals surface area (Å²) in [6, 6.07) is 6.88. The molecule has 0 saturated heterocycles. The molecule has 1 atom stereocenters. The number of anilines is 2. The predicted octanol–water partition coefficient (Wildman–Crippen LogP) is 3.89. The van der Waals surface area contributed by atoms with Crippen LogP contribution in [0.5, 0.6) is 0 Å². The number of hydrogen-bond donors (Lipinski definition) is 2. The number of aryl methyl sites for hydroxylation is 1. The largest absolute Gasteiger partial charge is 0.465 e. The molecule has 2 N–H and O–H groups in total. The van der Waals surface area contributed by atoms with E-state index in [0.717, 1.165) is 19.3 Å². The molecule has 1 aromatic heterocycles. The number of nitrogens with one attached hydrogen (secondary N) is 2. The first-order valence-electron chi connectivity index (χ1n) is 11.4. The van der Waals surface area contributed by atoms with E-state index in [2.05, 4.69) is 22.1 Å². The maximum absolute atomic E-state index is 12.6. The highest BCUT2D eigenvalue weighted by Gasteiger charge is 2.37. The lowest BCUT2D eigenvalue weighted by Crippen LogP contribution is -2.42. The van der Waals surface area contributed by atoms with E-state index in [1.54, 1.807) is 32.9 Å². The summed E-state index contributed by atoms with van der Waals surface area (Å²) in [6.07, 6.45) is 3.22. The standard InChI is InChI=1S/C23H33N3O7S/c1-5-8-9-10-19(21(22(27)31-6-2)23(28)32-7-3)24-17-11-13-18(14-12-17)34(29,30)26-20-15-16(4)33-25-20/h11-15,19,21,24H,5-10H2,1-4H3,(H,25,26). The Morgan fingerprint density at radius 2 is 1.65 bits per heavy atom. The molecule has 2 aromatic rings. The Morgan fingerprint density at radius 1 is 1.03 bits per heavy atom. The lowest BCUT2D eigenvalue weighted by Gasteiger charge is -2.26. The maximum Gasteiger partial charge on any atom is 0.322 e. The van der Waals surface area contributed by atoms with Crippen LogP contribution < -0.4 is 10.0 Å². The SMILES string of the molecule is CCCCCC(Nc1ccc(S(=O)(=O)Nc2cc(C)on2)cc1)C(C(=O)OCC)C(=O)OCC. The Kier molecular flexibility index (Phi) is 10.4. The fraction of sp³-hybridized carbons (Fsp3) is 0.522. The monoisotopic (exact) mass is 495 g/mol. The zero-order valence-corrected chi connectivity index (χ0v) is 20.8. The third-order valence-electron chi connectivity index (χ3n) is 4.99. The predicted molar refractivity (Wildman–Crippen MR) is 127 cm³/mol. The first-order chi connectivity index (χ1) is 16.2. The summed E-state index contributed by atoms with van der Waals surface area (Å²) in [7, 11) is -3.87. The average molecular weight is 496 g/mol. The maximum atomic E-state index is 12.6. The number of carbonyl (C=O) groups excluding carboxylic acids is 2. The van der Waals surface area contributed by atoms with Crippen LogP contribution in [-0.2, 0) is 29.1 Å². The molecule has 0 fully saturated rings. The Labute approximate surface area is 200 Å². The number of rotatable bonds is 14. The second-order valence-corrected chi connectivity index (χ2v) is 9.36. The van der Waals surface area contributed by atoms with Crippen LogP contribution >= 0.6 is 0 Å². The molecule has 2 rings (SSSR count). The van der Waals surface area contributed by atoms with Gasteiger partial charge in [-0.3, -0.25) is 14.3 Å². The van der Waals surface area contributed by atoms with Crippen molar-refractivity contribution in [3.63, 3.8) is 0 Å². The zero-order chi connectivity index (χ0) is 25.1. The highest BCUT2D eigenvalue weighted by molar-refractivity contribution is 7.92. The number of hydrogen-bond acceptors (Lipinski definition) is 9. The van der Waals surface area contributed by atoms with E-state index >= 15 is 0 Å². The second-order valence-electron chi connectivity index (χ2n) is 7.68. The molecule has 0 bridgehead atoms. The van der Waals surface area contributed by atoms with Crippen LogP contribution in [0.25, 0.3) is 0 Å². The molecule has 188 valence electrons. The first kappa shape index (κ1) is 27.2. The summed E-state index contributed by atoms with van der Waals surface area (Å²) in [4.78, 5) is 25.3. The number of carbonyl (C=O) groups is 2. The summed E-state index contributed by atoms with van der Waals surface area (Å²) in [5.74, 6) is -1.88. The van der Waals surface area contributed by atoms with Gasteiger partial charge in [0.2, 0.25) is 0 Å². The number of sulfonamides is 1. The molecule has 1 unspecified atom stereocenters. The summed E-state index contributed by atoms with van der Waals surface area (Å²) >= 11 is 0. The lowest BCUT2D eigenvalue weighted by atomic mass is 9.94. The molecule has 0 amide bonds. The van der Waals surface area contributed by atoms with Crippen molar-refractivity contribution in [2.75, 3.05) is 23.3 Å². The van der Waals surface area contributed by atoms with Crippen LogP contribution in [0.3, 0.4) is 0 Å². The van der Waals surface area contributed by atoms with E-state index in [0.29, 0.717) is 17.9 Å². The van der Waals surface area contributed by atoms with Crippen LogP contribution in [0, 0.1) is 12.8 Å². The Bertz CT molecular complexity index is 1020. The fourth-order valence-corrected chi connectivity index (χ4v) is 4.36. The van der Waals surface area contributed by atoms with Crippen molar-refractivity contribution in [2.45, 2.75) is 64.3 Å². The first-order valence-corrected chi connectivity index (χ1v) is 12.9. The van der Waals surface area contributed by atoms with E-state index < -0.39 is 33.9 Å². The van der Waals surface area contributed by atoms with Gasteiger partial charge in [0.1, 0.15) is 5.76 Å². The van der Waals surface area contributed by atoms with E-state index in [1.165, 1.54) is 18.2 Å². The fourth-order valence-electron chi connectivity index (χ4n) is 3.38. The minimum atomic E-state index is -3.87. The number of benzene rings is 1. The van der Waals surface area contributed by atoms with Crippen LogP contribution in [0.4, 0.5) is 11.5 Å². The van der Waals surface area contributed by atoms with Crippen molar-refractivity contribution in [1.82, 2.24) is 5.16 Å². The number of ether oxygens (including phenoxy) is 2. The van der Waals surface area contributed by atoms with Gasteiger partial charge in [0.15, 0.2) is 11.7 Å².